The summed E-state index contributed by atoms with van der Waals surface area (Å²) in [6, 6.07) is 4.49. The number of aldehydes is 1. The number of esters is 1. The zero-order valence-corrected chi connectivity index (χ0v) is 9.52. The minimum atomic E-state index is -0.586. The van der Waals surface area contributed by atoms with E-state index in [0.29, 0.717) is 6.29 Å². The zero-order valence-electron chi connectivity index (χ0n) is 9.52. The molecule has 1 rings (SSSR count). The molecule has 17 heavy (non-hydrogen) atoms. The number of ether oxygens (including phenoxy) is 2. The third-order valence-electron chi connectivity index (χ3n) is 2.11. The van der Waals surface area contributed by atoms with Crippen molar-refractivity contribution in [1.82, 2.24) is 0 Å². The fourth-order valence-corrected chi connectivity index (χ4v) is 1.33. The minimum absolute atomic E-state index is 0.135. The maximum atomic E-state index is 11.6. The number of carbonyl (C=O) groups is 2. The fraction of sp³-hybridized carbons (Fsp3) is 0.250. The number of hydrogen-bond donors (Lipinski definition) is 0. The Morgan fingerprint density at radius 2 is 2.24 bits per heavy atom. The molecule has 0 N–H and O–H groups in total. The van der Waals surface area contributed by atoms with E-state index in [0.717, 1.165) is 0 Å². The van der Waals surface area contributed by atoms with Gasteiger partial charge in [0.05, 0.1) is 19.3 Å². The third kappa shape index (κ3) is 2.61. The highest BCUT2D eigenvalue weighted by atomic mass is 16.5. The van der Waals surface area contributed by atoms with E-state index in [4.69, 9.17) is 14.7 Å². The second-order valence-electron chi connectivity index (χ2n) is 3.09. The first-order valence-electron chi connectivity index (χ1n) is 4.92. The van der Waals surface area contributed by atoms with Crippen LogP contribution in [0.25, 0.3) is 0 Å². The van der Waals surface area contributed by atoms with E-state index in [1.54, 1.807) is 6.92 Å². The van der Waals surface area contributed by atoms with Gasteiger partial charge in [0.1, 0.15) is 17.4 Å². The second-order valence-corrected chi connectivity index (χ2v) is 3.09. The van der Waals surface area contributed by atoms with Gasteiger partial charge in [-0.05, 0) is 19.1 Å². The lowest BCUT2D eigenvalue weighted by molar-refractivity contribution is 0.0522. The average molecular weight is 233 g/mol. The molecule has 0 aliphatic rings. The summed E-state index contributed by atoms with van der Waals surface area (Å²) in [5.74, 6) is -0.373. The van der Waals surface area contributed by atoms with Crippen LogP contribution in [0.3, 0.4) is 0 Å². The van der Waals surface area contributed by atoms with Crippen LogP contribution in [0.15, 0.2) is 12.1 Å². The van der Waals surface area contributed by atoms with E-state index in [1.807, 2.05) is 6.07 Å². The lowest BCUT2D eigenvalue weighted by Gasteiger charge is -2.09. The smallest absolute Gasteiger partial charge is 0.341 e. The Morgan fingerprint density at radius 1 is 1.53 bits per heavy atom. The van der Waals surface area contributed by atoms with Crippen molar-refractivity contribution in [1.29, 1.82) is 5.26 Å². The standard InChI is InChI=1S/C12H11NO4/c1-3-17-12(15)10-4-9(7-14)8(6-13)5-11(10)16-2/h4-5,7H,3H2,1-2H3. The molecule has 0 saturated carbocycles. The SMILES string of the molecule is CCOC(=O)c1cc(C=O)c(C#N)cc1OC. The molecule has 0 aromatic heterocycles. The quantitative estimate of drug-likeness (QED) is 0.582. The molecule has 0 aliphatic heterocycles. The Labute approximate surface area is 98.6 Å². The largest absolute Gasteiger partial charge is 0.496 e. The number of hydrogen-bond acceptors (Lipinski definition) is 5. The highest BCUT2D eigenvalue weighted by Gasteiger charge is 2.17. The molecule has 0 spiro atoms. The Kier molecular flexibility index (Phi) is 4.23. The van der Waals surface area contributed by atoms with Gasteiger partial charge in [0.25, 0.3) is 0 Å². The molecule has 0 bridgehead atoms. The number of carbonyl (C=O) groups excluding carboxylic acids is 2. The Balaban J connectivity index is 3.34. The molecule has 1 aromatic rings. The number of methoxy groups -OCH3 is 1. The van der Waals surface area contributed by atoms with Crippen LogP contribution in [-0.2, 0) is 4.74 Å². The lowest BCUT2D eigenvalue weighted by Crippen LogP contribution is -2.08. The number of nitrogens with zero attached hydrogens (tertiary/aromatic N) is 1. The van der Waals surface area contributed by atoms with Gasteiger partial charge in [-0.1, -0.05) is 0 Å². The zero-order chi connectivity index (χ0) is 12.8. The van der Waals surface area contributed by atoms with Gasteiger partial charge in [0.15, 0.2) is 6.29 Å². The fourth-order valence-electron chi connectivity index (χ4n) is 1.33. The summed E-state index contributed by atoms with van der Waals surface area (Å²) >= 11 is 0. The minimum Gasteiger partial charge on any atom is -0.496 e. The first kappa shape index (κ1) is 12.7. The van der Waals surface area contributed by atoms with Crippen molar-refractivity contribution in [3.8, 4) is 11.8 Å². The van der Waals surface area contributed by atoms with Crippen molar-refractivity contribution in [3.63, 3.8) is 0 Å². The Morgan fingerprint density at radius 3 is 2.71 bits per heavy atom. The molecule has 1 aromatic carbocycles. The van der Waals surface area contributed by atoms with Gasteiger partial charge < -0.3 is 9.47 Å². The molecule has 5 nitrogen and oxygen atoms in total. The monoisotopic (exact) mass is 233 g/mol. The molecule has 5 heteroatoms. The van der Waals surface area contributed by atoms with Crippen molar-refractivity contribution in [2.45, 2.75) is 6.92 Å². The van der Waals surface area contributed by atoms with Crippen molar-refractivity contribution in [3.05, 3.63) is 28.8 Å². The van der Waals surface area contributed by atoms with Crippen LogP contribution in [0.2, 0.25) is 0 Å². The van der Waals surface area contributed by atoms with Crippen molar-refractivity contribution >= 4 is 12.3 Å². The van der Waals surface area contributed by atoms with Crippen LogP contribution in [-0.4, -0.2) is 26.0 Å². The highest BCUT2D eigenvalue weighted by Crippen LogP contribution is 2.23. The third-order valence-corrected chi connectivity index (χ3v) is 2.11. The summed E-state index contributed by atoms with van der Waals surface area (Å²) in [6.45, 7) is 1.90. The van der Waals surface area contributed by atoms with E-state index >= 15 is 0 Å². The van der Waals surface area contributed by atoms with Crippen molar-refractivity contribution < 1.29 is 19.1 Å². The summed E-state index contributed by atoms with van der Waals surface area (Å²) in [6.07, 6.45) is 0.515. The van der Waals surface area contributed by atoms with Crippen molar-refractivity contribution in [2.24, 2.45) is 0 Å². The number of rotatable bonds is 4. The first-order chi connectivity index (χ1) is 8.17. The molecular weight excluding hydrogens is 222 g/mol. The van der Waals surface area contributed by atoms with Gasteiger partial charge in [0.2, 0.25) is 0 Å². The molecule has 0 aliphatic carbocycles. The van der Waals surface area contributed by atoms with Crippen LogP contribution < -0.4 is 4.74 Å². The van der Waals surface area contributed by atoms with Crippen LogP contribution in [0.4, 0.5) is 0 Å². The topological polar surface area (TPSA) is 76.4 Å². The molecule has 0 amide bonds. The molecule has 0 heterocycles. The number of benzene rings is 1. The molecule has 0 saturated heterocycles. The van der Waals surface area contributed by atoms with Gasteiger partial charge in [0, 0.05) is 5.56 Å². The Hall–Kier alpha value is -2.35. The van der Waals surface area contributed by atoms with Crippen molar-refractivity contribution in [2.75, 3.05) is 13.7 Å². The predicted molar refractivity (Wildman–Crippen MR) is 59.1 cm³/mol. The molecular formula is C12H11NO4. The molecule has 88 valence electrons. The molecule has 0 unspecified atom stereocenters. The van der Waals surface area contributed by atoms with Gasteiger partial charge in [-0.25, -0.2) is 4.79 Å². The first-order valence-corrected chi connectivity index (χ1v) is 4.92. The van der Waals surface area contributed by atoms with E-state index in [9.17, 15) is 9.59 Å². The van der Waals surface area contributed by atoms with Crippen LogP contribution in [0.1, 0.15) is 33.2 Å². The van der Waals surface area contributed by atoms with E-state index in [2.05, 4.69) is 0 Å². The van der Waals surface area contributed by atoms with Gasteiger partial charge in [-0.15, -0.1) is 0 Å². The molecule has 0 radical (unpaired) electrons. The van der Waals surface area contributed by atoms with E-state index < -0.39 is 5.97 Å². The highest BCUT2D eigenvalue weighted by molar-refractivity contribution is 5.95. The van der Waals surface area contributed by atoms with E-state index in [1.165, 1.54) is 19.2 Å². The average Bonchev–Trinajstić information content (AvgIpc) is 2.37. The van der Waals surface area contributed by atoms with Gasteiger partial charge in [-0.3, -0.25) is 4.79 Å². The van der Waals surface area contributed by atoms with Crippen LogP contribution in [0.5, 0.6) is 5.75 Å². The van der Waals surface area contributed by atoms with Gasteiger partial charge in [-0.2, -0.15) is 5.26 Å². The van der Waals surface area contributed by atoms with E-state index in [-0.39, 0.29) is 29.0 Å². The summed E-state index contributed by atoms with van der Waals surface area (Å²) in [7, 11) is 1.37. The maximum Gasteiger partial charge on any atom is 0.341 e. The molecule has 0 atom stereocenters. The summed E-state index contributed by atoms with van der Waals surface area (Å²) in [5, 5.41) is 8.82. The predicted octanol–water partition coefficient (Wildman–Crippen LogP) is 1.56. The summed E-state index contributed by atoms with van der Waals surface area (Å²) in [5.41, 5.74) is 0.428. The lowest BCUT2D eigenvalue weighted by atomic mass is 10.0. The maximum absolute atomic E-state index is 11.6. The summed E-state index contributed by atoms with van der Waals surface area (Å²) < 4.78 is 9.81. The summed E-state index contributed by atoms with van der Waals surface area (Å²) in [4.78, 5) is 22.4. The number of nitriles is 1. The second kappa shape index (κ2) is 5.66. The van der Waals surface area contributed by atoms with Gasteiger partial charge >= 0.3 is 5.97 Å². The Bertz CT molecular complexity index is 488. The normalized spacial score (nSPS) is 9.24. The van der Waals surface area contributed by atoms with Crippen LogP contribution in [0, 0.1) is 11.3 Å². The van der Waals surface area contributed by atoms with Crippen LogP contribution >= 0.6 is 0 Å². The molecule has 0 fully saturated rings.